The summed E-state index contributed by atoms with van der Waals surface area (Å²) in [7, 11) is 0. The molecule has 45 heavy (non-hydrogen) atoms. The molecule has 1 aromatic rings. The Hall–Kier alpha value is -1.55. The van der Waals surface area contributed by atoms with E-state index in [2.05, 4.69) is 54.1 Å². The van der Waals surface area contributed by atoms with Gasteiger partial charge in [0.1, 0.15) is 0 Å². The van der Waals surface area contributed by atoms with E-state index in [4.69, 9.17) is 5.73 Å². The van der Waals surface area contributed by atoms with Gasteiger partial charge < -0.3 is 31.7 Å². The Balaban J connectivity index is 1.27. The van der Waals surface area contributed by atoms with Crippen LogP contribution in [-0.4, -0.2) is 69.4 Å². The number of carboxylic acids is 1. The summed E-state index contributed by atoms with van der Waals surface area (Å²) in [6.45, 7) is 4.58. The second-order valence-corrected chi connectivity index (χ2v) is 16.3. The molecule has 8 heteroatoms. The van der Waals surface area contributed by atoms with Crippen molar-refractivity contribution in [3.05, 3.63) is 35.4 Å². The lowest BCUT2D eigenvalue weighted by molar-refractivity contribution is -0.143. The second kappa shape index (κ2) is 13.9. The molecule has 0 unspecified atom stereocenters. The molecule has 4 aliphatic heterocycles. The first-order valence-corrected chi connectivity index (χ1v) is 18.2. The number of fused-ring (bicyclic) bond motifs is 7. The Morgan fingerprint density at radius 3 is 2.62 bits per heavy atom. The number of aliphatic carboxylic acids is 1. The molecule has 0 aromatic heterocycles. The fourth-order valence-electron chi connectivity index (χ4n) is 10.6. The van der Waals surface area contributed by atoms with Crippen LogP contribution in [0.5, 0.6) is 0 Å². The zero-order valence-electron chi connectivity index (χ0n) is 27.7. The molecule has 6 bridgehead atoms. The van der Waals surface area contributed by atoms with Crippen molar-refractivity contribution >= 4 is 5.97 Å². The fraction of sp³-hybridized carbons (Fsp3) is 0.811. The molecule has 0 radical (unpaired) electrons. The third-order valence-electron chi connectivity index (χ3n) is 12.8. The lowest BCUT2D eigenvalue weighted by Gasteiger charge is -2.51. The Labute approximate surface area is 270 Å². The highest BCUT2D eigenvalue weighted by atomic mass is 16.4. The van der Waals surface area contributed by atoms with Gasteiger partial charge in [-0.1, -0.05) is 43.5 Å². The number of nitrogens with two attached hydrogens (primary N) is 1. The molecule has 4 heterocycles. The summed E-state index contributed by atoms with van der Waals surface area (Å²) in [4.78, 5) is 11.8. The van der Waals surface area contributed by atoms with Gasteiger partial charge in [-0.25, -0.2) is 0 Å². The monoisotopic (exact) mass is 624 g/mol. The van der Waals surface area contributed by atoms with Crippen LogP contribution in [0.2, 0.25) is 0 Å². The lowest BCUT2D eigenvalue weighted by Crippen LogP contribution is -2.63. The Kier molecular flexibility index (Phi) is 10.3. The van der Waals surface area contributed by atoms with E-state index < -0.39 is 11.6 Å². The molecular weight excluding hydrogens is 564 g/mol. The van der Waals surface area contributed by atoms with Crippen molar-refractivity contribution in [2.45, 2.75) is 158 Å². The second-order valence-electron chi connectivity index (χ2n) is 16.3. The summed E-state index contributed by atoms with van der Waals surface area (Å²) in [6, 6.07) is 10.3. The molecule has 1 aromatic carbocycles. The highest BCUT2D eigenvalue weighted by Gasteiger charge is 2.46. The van der Waals surface area contributed by atoms with Crippen LogP contribution in [0, 0.1) is 23.7 Å². The number of carboxylic acid groups (broad SMARTS) is 1. The lowest BCUT2D eigenvalue weighted by atomic mass is 9.56. The molecule has 6 aliphatic rings. The maximum Gasteiger partial charge on any atom is 0.306 e. The minimum atomic E-state index is -1.27. The molecule has 8 nitrogen and oxygen atoms in total. The van der Waals surface area contributed by atoms with Crippen LogP contribution in [0.25, 0.3) is 0 Å². The molecule has 8 N–H and O–H groups in total. The van der Waals surface area contributed by atoms with Crippen molar-refractivity contribution in [2.24, 2.45) is 29.4 Å². The molecular formula is C37H60N4O4. The van der Waals surface area contributed by atoms with E-state index in [1.54, 1.807) is 0 Å². The van der Waals surface area contributed by atoms with Crippen molar-refractivity contribution in [3.63, 3.8) is 0 Å². The van der Waals surface area contributed by atoms with Gasteiger partial charge in [0.05, 0.1) is 24.3 Å². The molecule has 7 rings (SSSR count). The van der Waals surface area contributed by atoms with E-state index in [1.165, 1.54) is 49.7 Å². The van der Waals surface area contributed by atoms with Gasteiger partial charge >= 0.3 is 5.97 Å². The molecule has 12 atom stereocenters. The van der Waals surface area contributed by atoms with Gasteiger partial charge in [-0.05, 0) is 125 Å². The van der Waals surface area contributed by atoms with Gasteiger partial charge in [-0.15, -0.1) is 0 Å². The van der Waals surface area contributed by atoms with E-state index in [9.17, 15) is 20.1 Å². The summed E-state index contributed by atoms with van der Waals surface area (Å²) in [5.74, 6) is 2.37. The van der Waals surface area contributed by atoms with E-state index in [-0.39, 0.29) is 42.9 Å². The van der Waals surface area contributed by atoms with Crippen molar-refractivity contribution in [1.29, 1.82) is 0 Å². The Morgan fingerprint density at radius 2 is 1.82 bits per heavy atom. The van der Waals surface area contributed by atoms with Gasteiger partial charge in [0, 0.05) is 30.2 Å². The van der Waals surface area contributed by atoms with E-state index in [0.29, 0.717) is 42.1 Å². The van der Waals surface area contributed by atoms with E-state index >= 15 is 0 Å². The third kappa shape index (κ3) is 7.95. The number of nitrogens with one attached hydrogen (secondary N) is 3. The topological polar surface area (TPSA) is 140 Å². The molecule has 0 amide bonds. The SMILES string of the molecule is C[C@H]1N[C@H]([C@H]2CC[C@@H]3[C@H]4CCCC[C@@](O)(CC(=O)O)CN[C@]5(C)C[C@@H](Cc6cccc(c6)[C@@H](CC4)[C@H]3C2)N[C@@H](N)C5)CC[C@H]1O. The van der Waals surface area contributed by atoms with Crippen LogP contribution in [0.15, 0.2) is 24.3 Å². The molecule has 0 spiro atoms. The van der Waals surface area contributed by atoms with E-state index in [0.717, 1.165) is 44.9 Å². The Morgan fingerprint density at radius 1 is 1.00 bits per heavy atom. The van der Waals surface area contributed by atoms with Gasteiger partial charge in [0.25, 0.3) is 0 Å². The van der Waals surface area contributed by atoms with Gasteiger partial charge in [-0.2, -0.15) is 0 Å². The van der Waals surface area contributed by atoms with Gasteiger partial charge in [-0.3, -0.25) is 10.1 Å². The van der Waals surface area contributed by atoms with Crippen molar-refractivity contribution < 1.29 is 20.1 Å². The molecule has 2 saturated heterocycles. The van der Waals surface area contributed by atoms with Crippen LogP contribution in [0.1, 0.15) is 121 Å². The van der Waals surface area contributed by atoms with Crippen molar-refractivity contribution in [3.8, 4) is 0 Å². The molecule has 2 aliphatic carbocycles. The maximum atomic E-state index is 11.8. The normalized spacial score (nSPS) is 44.7. The van der Waals surface area contributed by atoms with Crippen molar-refractivity contribution in [1.82, 2.24) is 16.0 Å². The van der Waals surface area contributed by atoms with E-state index in [1.807, 2.05) is 0 Å². The number of aliphatic hydroxyl groups is 2. The van der Waals surface area contributed by atoms with Crippen molar-refractivity contribution in [2.75, 3.05) is 6.54 Å². The van der Waals surface area contributed by atoms with Crippen LogP contribution >= 0.6 is 0 Å². The molecule has 4 fully saturated rings. The highest BCUT2D eigenvalue weighted by molar-refractivity contribution is 5.68. The number of hydrogen-bond acceptors (Lipinski definition) is 7. The number of benzene rings is 1. The molecule has 252 valence electrons. The smallest absolute Gasteiger partial charge is 0.306 e. The fourth-order valence-corrected chi connectivity index (χ4v) is 10.6. The summed E-state index contributed by atoms with van der Waals surface area (Å²) >= 11 is 0. The number of carbonyl (C=O) groups is 1. The number of hydrogen-bond donors (Lipinski definition) is 7. The first kappa shape index (κ1) is 33.4. The van der Waals surface area contributed by atoms with Gasteiger partial charge in [0.2, 0.25) is 0 Å². The summed E-state index contributed by atoms with van der Waals surface area (Å²) in [5.41, 5.74) is 7.86. The average molecular weight is 625 g/mol. The number of rotatable bonds is 3. The summed E-state index contributed by atoms with van der Waals surface area (Å²) < 4.78 is 0. The first-order valence-electron chi connectivity index (χ1n) is 18.2. The number of aliphatic hydroxyl groups excluding tert-OH is 1. The largest absolute Gasteiger partial charge is 0.481 e. The standard InChI is InChI=1S/C37H60N4O4/c1-23-33(42)14-13-32(40-23)27-10-12-29-25-7-3-4-15-37(45,21-35(43)44)22-39-36(2)19-28(41-34(38)20-36)17-24-6-5-8-26(16-24)30(11-9-25)31(29)18-27/h5-6,8,16,23,25,27-34,39-42,45H,3-4,7,9-15,17-22,38H2,1-2H3,(H,43,44)/t23-,25+,27+,28-,29-,30-,31+,32+,33-,34-,36-,37-/m1/s1. The Bertz CT molecular complexity index is 1170. The predicted octanol–water partition coefficient (Wildman–Crippen LogP) is 4.42. The maximum absolute atomic E-state index is 11.8. The summed E-state index contributed by atoms with van der Waals surface area (Å²) in [5, 5.41) is 42.7. The minimum Gasteiger partial charge on any atom is -0.481 e. The molecule has 2 saturated carbocycles. The number of β-amino-alcohol motifs (C(OH)–C–C–N with tert-alkyl or cyclic N) is 1. The minimum absolute atomic E-state index is 0.157. The quantitative estimate of drug-likeness (QED) is 0.262. The number of piperidine rings is 2. The van der Waals surface area contributed by atoms with Crippen LogP contribution in [-0.2, 0) is 11.2 Å². The first-order chi connectivity index (χ1) is 21.5. The van der Waals surface area contributed by atoms with Gasteiger partial charge in [0.15, 0.2) is 0 Å². The highest BCUT2D eigenvalue weighted by Crippen LogP contribution is 2.54. The summed E-state index contributed by atoms with van der Waals surface area (Å²) in [6.07, 6.45) is 13.7. The zero-order valence-corrected chi connectivity index (χ0v) is 27.7. The average Bonchev–Trinajstić information content (AvgIpc) is 2.98. The third-order valence-corrected chi connectivity index (χ3v) is 12.8. The predicted molar refractivity (Wildman–Crippen MR) is 178 cm³/mol. The van der Waals surface area contributed by atoms with Crippen LogP contribution < -0.4 is 21.7 Å². The van der Waals surface area contributed by atoms with Crippen LogP contribution in [0.3, 0.4) is 0 Å². The zero-order chi connectivity index (χ0) is 31.8. The van der Waals surface area contributed by atoms with Crippen LogP contribution in [0.4, 0.5) is 0 Å².